The van der Waals surface area contributed by atoms with Gasteiger partial charge in [0, 0.05) is 25.4 Å². The van der Waals surface area contributed by atoms with Crippen LogP contribution < -0.4 is 10.6 Å². The number of rotatable bonds is 5. The van der Waals surface area contributed by atoms with Gasteiger partial charge in [0.2, 0.25) is 0 Å². The molecule has 8 heteroatoms. The maximum atomic E-state index is 12.0. The molecule has 0 aliphatic carbocycles. The Morgan fingerprint density at radius 3 is 2.48 bits per heavy atom. The lowest BCUT2D eigenvalue weighted by Crippen LogP contribution is -2.43. The molecule has 0 saturated carbocycles. The predicted octanol–water partition coefficient (Wildman–Crippen LogP) is 1.88. The van der Waals surface area contributed by atoms with Gasteiger partial charge in [-0.1, -0.05) is 0 Å². The molecule has 0 aromatic rings. The Balaban J connectivity index is 0.00000400. The number of nitrogens with one attached hydrogen (secondary N) is 2. The van der Waals surface area contributed by atoms with Crippen LogP contribution in [0.5, 0.6) is 0 Å². The number of hydrogen-bond acceptors (Lipinski definition) is 4. The van der Waals surface area contributed by atoms with Crippen molar-refractivity contribution in [2.45, 2.75) is 43.6 Å². The summed E-state index contributed by atoms with van der Waals surface area (Å²) in [7, 11) is -1.38. The first-order valence-electron chi connectivity index (χ1n) is 7.04. The quantitative estimate of drug-likeness (QED) is 0.381. The maximum absolute atomic E-state index is 12.0. The number of aliphatic imine (C=N–C) groups is 1. The molecule has 126 valence electrons. The Labute approximate surface area is 150 Å². The van der Waals surface area contributed by atoms with Crippen LogP contribution in [0.4, 0.5) is 0 Å². The molecular weight excluding hydrogens is 421 g/mol. The number of nitrogens with zero attached hydrogens (tertiary/aromatic N) is 1. The molecule has 0 aromatic carbocycles. The van der Waals surface area contributed by atoms with Gasteiger partial charge in [-0.3, -0.25) is 4.99 Å². The summed E-state index contributed by atoms with van der Waals surface area (Å²) in [6.07, 6.45) is 2.53. The molecule has 0 spiro atoms. The fourth-order valence-corrected chi connectivity index (χ4v) is 4.03. The number of guanidine groups is 1. The zero-order valence-electron chi connectivity index (χ0n) is 13.3. The monoisotopic (exact) mass is 449 g/mol. The van der Waals surface area contributed by atoms with E-state index in [4.69, 9.17) is 0 Å². The maximum Gasteiger partial charge on any atom is 0.191 e. The van der Waals surface area contributed by atoms with E-state index in [9.17, 15) is 8.42 Å². The second kappa shape index (κ2) is 9.44. The minimum atomic E-state index is -3.08. The summed E-state index contributed by atoms with van der Waals surface area (Å²) < 4.78 is 23.3. The molecule has 1 saturated heterocycles. The third-order valence-corrected chi connectivity index (χ3v) is 7.35. The molecule has 1 heterocycles. The first-order chi connectivity index (χ1) is 9.26. The molecule has 1 rings (SSSR count). The van der Waals surface area contributed by atoms with Crippen molar-refractivity contribution in [1.29, 1.82) is 0 Å². The van der Waals surface area contributed by atoms with Crippen molar-refractivity contribution >= 4 is 51.5 Å². The number of sulfone groups is 1. The second-order valence-corrected chi connectivity index (χ2v) is 10.2. The number of hydrogen-bond donors (Lipinski definition) is 2. The van der Waals surface area contributed by atoms with Crippen molar-refractivity contribution in [2.24, 2.45) is 4.99 Å². The van der Waals surface area contributed by atoms with E-state index in [1.807, 2.05) is 11.8 Å². The average Bonchev–Trinajstić information content (AvgIpc) is 2.85. The molecule has 2 N–H and O–H groups in total. The fourth-order valence-electron chi connectivity index (χ4n) is 1.85. The van der Waals surface area contributed by atoms with Crippen molar-refractivity contribution in [3.8, 4) is 0 Å². The summed E-state index contributed by atoms with van der Waals surface area (Å²) >= 11 is 1.99. The lowest BCUT2D eigenvalue weighted by atomic mass is 10.2. The van der Waals surface area contributed by atoms with E-state index in [0.717, 1.165) is 6.54 Å². The van der Waals surface area contributed by atoms with Gasteiger partial charge in [0.05, 0.1) is 10.5 Å². The largest absolute Gasteiger partial charge is 0.355 e. The fraction of sp³-hybridized carbons (Fsp3) is 0.923. The van der Waals surface area contributed by atoms with Gasteiger partial charge in [0.1, 0.15) is 0 Å². The topological polar surface area (TPSA) is 70.6 Å². The lowest BCUT2D eigenvalue weighted by Gasteiger charge is -2.20. The van der Waals surface area contributed by atoms with Crippen molar-refractivity contribution in [3.05, 3.63) is 0 Å². The Morgan fingerprint density at radius 2 is 2.00 bits per heavy atom. The summed E-state index contributed by atoms with van der Waals surface area (Å²) in [4.78, 5) is 4.12. The number of halogens is 1. The third kappa shape index (κ3) is 7.40. The van der Waals surface area contributed by atoms with Crippen LogP contribution in [-0.4, -0.2) is 56.0 Å². The summed E-state index contributed by atoms with van der Waals surface area (Å²) in [6.45, 7) is 6.46. The van der Waals surface area contributed by atoms with E-state index in [1.165, 1.54) is 18.6 Å². The van der Waals surface area contributed by atoms with Gasteiger partial charge in [-0.05, 0) is 39.4 Å². The second-order valence-electron chi connectivity index (χ2n) is 5.95. The Morgan fingerprint density at radius 1 is 1.33 bits per heavy atom. The normalized spacial score (nSPS) is 20.0. The SMILES string of the molecule is CN=C(NCCS(=O)(=O)C(C)(C)C)NCC1CCCS1.I. The zero-order chi connectivity index (χ0) is 15.2. The van der Waals surface area contributed by atoms with Gasteiger partial charge in [-0.15, -0.1) is 24.0 Å². The van der Waals surface area contributed by atoms with Crippen LogP contribution in [0.3, 0.4) is 0 Å². The van der Waals surface area contributed by atoms with Gasteiger partial charge < -0.3 is 10.6 Å². The highest BCUT2D eigenvalue weighted by molar-refractivity contribution is 14.0. The number of thioether (sulfide) groups is 1. The summed E-state index contributed by atoms with van der Waals surface area (Å²) in [5, 5.41) is 6.98. The minimum Gasteiger partial charge on any atom is -0.355 e. The molecule has 1 fully saturated rings. The molecule has 0 aromatic heterocycles. The van der Waals surface area contributed by atoms with E-state index >= 15 is 0 Å². The molecule has 0 bridgehead atoms. The molecule has 21 heavy (non-hydrogen) atoms. The van der Waals surface area contributed by atoms with E-state index in [-0.39, 0.29) is 29.7 Å². The van der Waals surface area contributed by atoms with Crippen LogP contribution in [0.2, 0.25) is 0 Å². The van der Waals surface area contributed by atoms with E-state index in [1.54, 1.807) is 27.8 Å². The van der Waals surface area contributed by atoms with Crippen LogP contribution in [0, 0.1) is 0 Å². The van der Waals surface area contributed by atoms with Gasteiger partial charge in [-0.2, -0.15) is 11.8 Å². The van der Waals surface area contributed by atoms with E-state index in [0.29, 0.717) is 17.8 Å². The highest BCUT2D eigenvalue weighted by Gasteiger charge is 2.28. The van der Waals surface area contributed by atoms with Crippen LogP contribution in [0.15, 0.2) is 4.99 Å². The summed E-state index contributed by atoms with van der Waals surface area (Å²) in [5.41, 5.74) is 0. The average molecular weight is 449 g/mol. The first kappa shape index (κ1) is 21.3. The van der Waals surface area contributed by atoms with Crippen molar-refractivity contribution < 1.29 is 8.42 Å². The van der Waals surface area contributed by atoms with Crippen molar-refractivity contribution in [1.82, 2.24) is 10.6 Å². The highest BCUT2D eigenvalue weighted by atomic mass is 127. The van der Waals surface area contributed by atoms with Crippen LogP contribution >= 0.6 is 35.7 Å². The van der Waals surface area contributed by atoms with Gasteiger partial charge in [0.15, 0.2) is 15.8 Å². The van der Waals surface area contributed by atoms with Gasteiger partial charge in [0.25, 0.3) is 0 Å². The Bertz CT molecular complexity index is 427. The Kier molecular flexibility index (Phi) is 9.58. The molecular formula is C13H28IN3O2S2. The van der Waals surface area contributed by atoms with E-state index < -0.39 is 14.6 Å². The molecule has 0 amide bonds. The van der Waals surface area contributed by atoms with Crippen molar-refractivity contribution in [3.63, 3.8) is 0 Å². The van der Waals surface area contributed by atoms with Crippen LogP contribution in [0.1, 0.15) is 33.6 Å². The standard InChI is InChI=1S/C13H27N3O2S2.HI/c1-13(2,3)20(17,18)9-7-15-12(14-4)16-10-11-6-5-8-19-11;/h11H,5-10H2,1-4H3,(H2,14,15,16);1H. The molecule has 1 unspecified atom stereocenters. The zero-order valence-corrected chi connectivity index (χ0v) is 17.3. The summed E-state index contributed by atoms with van der Waals surface area (Å²) in [5.74, 6) is 2.04. The lowest BCUT2D eigenvalue weighted by molar-refractivity contribution is 0.559. The van der Waals surface area contributed by atoms with Crippen molar-refractivity contribution in [2.75, 3.05) is 31.6 Å². The first-order valence-corrected chi connectivity index (χ1v) is 9.75. The summed E-state index contributed by atoms with van der Waals surface area (Å²) in [6, 6.07) is 0. The predicted molar refractivity (Wildman–Crippen MR) is 104 cm³/mol. The smallest absolute Gasteiger partial charge is 0.191 e. The molecule has 0 radical (unpaired) electrons. The van der Waals surface area contributed by atoms with E-state index in [2.05, 4.69) is 15.6 Å². The van der Waals surface area contributed by atoms with Gasteiger partial charge in [-0.25, -0.2) is 8.42 Å². The third-order valence-electron chi connectivity index (χ3n) is 3.34. The van der Waals surface area contributed by atoms with Gasteiger partial charge >= 0.3 is 0 Å². The van der Waals surface area contributed by atoms with Crippen LogP contribution in [-0.2, 0) is 9.84 Å². The molecule has 1 aliphatic rings. The molecule has 1 atom stereocenters. The minimum absolute atomic E-state index is 0. The molecule has 1 aliphatic heterocycles. The highest BCUT2D eigenvalue weighted by Crippen LogP contribution is 2.25. The van der Waals surface area contributed by atoms with Crippen LogP contribution in [0.25, 0.3) is 0 Å². The Hall–Kier alpha value is 0.300. The molecule has 5 nitrogen and oxygen atoms in total.